The molecule has 5 nitrogen and oxygen atoms in total. The second-order valence-corrected chi connectivity index (χ2v) is 4.90. The van der Waals surface area contributed by atoms with E-state index in [0.29, 0.717) is 0 Å². The van der Waals surface area contributed by atoms with Crippen LogP contribution in [0.2, 0.25) is 0 Å². The van der Waals surface area contributed by atoms with Gasteiger partial charge >= 0.3 is 0 Å². The zero-order valence-corrected chi connectivity index (χ0v) is 11.9. The van der Waals surface area contributed by atoms with Gasteiger partial charge in [0, 0.05) is 30.4 Å². The lowest BCUT2D eigenvalue weighted by Gasteiger charge is -2.19. The predicted octanol–water partition coefficient (Wildman–Crippen LogP) is 1.47. The van der Waals surface area contributed by atoms with Gasteiger partial charge < -0.3 is 5.32 Å². The van der Waals surface area contributed by atoms with E-state index in [1.165, 1.54) is 0 Å². The summed E-state index contributed by atoms with van der Waals surface area (Å²) in [5.41, 5.74) is 1.10. The molecule has 102 valence electrons. The number of nitrogens with one attached hydrogen (secondary N) is 2. The smallest absolute Gasteiger partial charge is 0.237 e. The average Bonchev–Trinajstić information content (AvgIpc) is 2.76. The number of hydrogen-bond acceptors (Lipinski definition) is 3. The maximum atomic E-state index is 11.8. The van der Waals surface area contributed by atoms with Gasteiger partial charge in [0.1, 0.15) is 0 Å². The fraction of sp³-hybridized carbons (Fsp3) is 0.692. The number of nitrogens with zero attached hydrogens (tertiary/aromatic N) is 2. The average molecular weight is 252 g/mol. The Kier molecular flexibility index (Phi) is 5.34. The highest BCUT2D eigenvalue weighted by Gasteiger charge is 2.17. The molecular formula is C13H24N4O. The number of aryl methyl sites for hydroxylation is 1. The van der Waals surface area contributed by atoms with Crippen LogP contribution in [0.3, 0.4) is 0 Å². The summed E-state index contributed by atoms with van der Waals surface area (Å²) in [5, 5.41) is 10.4. The lowest BCUT2D eigenvalue weighted by molar-refractivity contribution is -0.123. The molecule has 5 heteroatoms. The molecule has 0 aliphatic carbocycles. The van der Waals surface area contributed by atoms with Gasteiger partial charge in [-0.2, -0.15) is 5.10 Å². The number of hydrogen-bond donors (Lipinski definition) is 2. The molecule has 2 N–H and O–H groups in total. The molecule has 1 heterocycles. The van der Waals surface area contributed by atoms with E-state index in [9.17, 15) is 4.79 Å². The molecule has 0 bridgehead atoms. The van der Waals surface area contributed by atoms with Crippen LogP contribution in [0.15, 0.2) is 12.4 Å². The molecule has 0 fully saturated rings. The fourth-order valence-electron chi connectivity index (χ4n) is 1.73. The number of aromatic nitrogens is 2. The Morgan fingerprint density at radius 2 is 2.06 bits per heavy atom. The summed E-state index contributed by atoms with van der Waals surface area (Å²) < 4.78 is 1.88. The van der Waals surface area contributed by atoms with Gasteiger partial charge in [0.05, 0.1) is 12.2 Å². The van der Waals surface area contributed by atoms with Crippen molar-refractivity contribution in [2.75, 3.05) is 0 Å². The number of amides is 1. The molecule has 0 aromatic carbocycles. The van der Waals surface area contributed by atoms with Crippen molar-refractivity contribution in [3.05, 3.63) is 18.0 Å². The van der Waals surface area contributed by atoms with Crippen molar-refractivity contribution in [3.63, 3.8) is 0 Å². The highest BCUT2D eigenvalue weighted by atomic mass is 16.2. The van der Waals surface area contributed by atoms with Gasteiger partial charge in [0.2, 0.25) is 5.91 Å². The van der Waals surface area contributed by atoms with Gasteiger partial charge in [0.25, 0.3) is 0 Å². The van der Waals surface area contributed by atoms with E-state index < -0.39 is 0 Å². The molecule has 1 rings (SSSR count). The Morgan fingerprint density at radius 1 is 1.39 bits per heavy atom. The van der Waals surface area contributed by atoms with Crippen LogP contribution in [-0.2, 0) is 11.3 Å². The van der Waals surface area contributed by atoms with Crippen molar-refractivity contribution in [1.82, 2.24) is 20.4 Å². The van der Waals surface area contributed by atoms with Crippen molar-refractivity contribution < 1.29 is 4.79 Å². The lowest BCUT2D eigenvalue weighted by atomic mass is 10.1. The van der Waals surface area contributed by atoms with Crippen LogP contribution in [0.1, 0.15) is 46.2 Å². The first kappa shape index (κ1) is 14.7. The summed E-state index contributed by atoms with van der Waals surface area (Å²) in [6, 6.07) is 0.0606. The third-order valence-corrected chi connectivity index (χ3v) is 2.80. The summed E-state index contributed by atoms with van der Waals surface area (Å²) in [5.74, 6) is 0.0275. The SMILES string of the molecule is CCn1cc(C(C)NC(C)C(=O)NC(C)C)cn1. The topological polar surface area (TPSA) is 59.0 Å². The minimum atomic E-state index is -0.215. The molecule has 0 spiro atoms. The van der Waals surface area contributed by atoms with Gasteiger partial charge in [-0.1, -0.05) is 0 Å². The largest absolute Gasteiger partial charge is 0.353 e. The first-order valence-corrected chi connectivity index (χ1v) is 6.52. The van der Waals surface area contributed by atoms with E-state index in [4.69, 9.17) is 0 Å². The quantitative estimate of drug-likeness (QED) is 0.806. The van der Waals surface area contributed by atoms with E-state index in [0.717, 1.165) is 12.1 Å². The summed E-state index contributed by atoms with van der Waals surface area (Å²) in [4.78, 5) is 11.8. The first-order valence-electron chi connectivity index (χ1n) is 6.52. The standard InChI is InChI=1S/C13H24N4O/c1-6-17-8-12(7-14-17)10(4)16-11(5)13(18)15-9(2)3/h7-11,16H,6H2,1-5H3,(H,15,18). The van der Waals surface area contributed by atoms with E-state index >= 15 is 0 Å². The van der Waals surface area contributed by atoms with Gasteiger partial charge in [-0.05, 0) is 34.6 Å². The Balaban J connectivity index is 2.53. The second kappa shape index (κ2) is 6.54. The van der Waals surface area contributed by atoms with Gasteiger partial charge in [-0.15, -0.1) is 0 Å². The molecule has 2 atom stereocenters. The number of carbonyl (C=O) groups excluding carboxylic acids is 1. The highest BCUT2D eigenvalue weighted by Crippen LogP contribution is 2.11. The summed E-state index contributed by atoms with van der Waals surface area (Å²) in [7, 11) is 0. The van der Waals surface area contributed by atoms with Crippen LogP contribution in [0, 0.1) is 0 Å². The summed E-state index contributed by atoms with van der Waals surface area (Å²) >= 11 is 0. The van der Waals surface area contributed by atoms with Gasteiger partial charge in [0.15, 0.2) is 0 Å². The van der Waals surface area contributed by atoms with Crippen molar-refractivity contribution in [2.24, 2.45) is 0 Å². The Labute approximate surface area is 109 Å². The number of carbonyl (C=O) groups is 1. The van der Waals surface area contributed by atoms with Crippen molar-refractivity contribution in [1.29, 1.82) is 0 Å². The molecule has 1 amide bonds. The van der Waals surface area contributed by atoms with E-state index in [1.54, 1.807) is 0 Å². The molecule has 0 aliphatic heterocycles. The maximum Gasteiger partial charge on any atom is 0.237 e. The zero-order chi connectivity index (χ0) is 13.7. The highest BCUT2D eigenvalue weighted by molar-refractivity contribution is 5.81. The molecule has 18 heavy (non-hydrogen) atoms. The third-order valence-electron chi connectivity index (χ3n) is 2.80. The monoisotopic (exact) mass is 252 g/mol. The molecule has 0 aliphatic rings. The minimum Gasteiger partial charge on any atom is -0.353 e. The molecule has 2 unspecified atom stereocenters. The Bertz CT molecular complexity index is 386. The van der Waals surface area contributed by atoms with Crippen molar-refractivity contribution in [2.45, 2.75) is 59.3 Å². The second-order valence-electron chi connectivity index (χ2n) is 4.90. The maximum absolute atomic E-state index is 11.8. The van der Waals surface area contributed by atoms with Crippen LogP contribution in [0.5, 0.6) is 0 Å². The van der Waals surface area contributed by atoms with Crippen molar-refractivity contribution >= 4 is 5.91 Å². The van der Waals surface area contributed by atoms with Crippen LogP contribution in [0.4, 0.5) is 0 Å². The normalized spacial score (nSPS) is 14.6. The Hall–Kier alpha value is -1.36. The van der Waals surface area contributed by atoms with Crippen LogP contribution >= 0.6 is 0 Å². The predicted molar refractivity (Wildman–Crippen MR) is 72.2 cm³/mol. The minimum absolute atomic E-state index is 0.0275. The fourth-order valence-corrected chi connectivity index (χ4v) is 1.73. The summed E-state index contributed by atoms with van der Waals surface area (Å²) in [6.45, 7) is 10.7. The van der Waals surface area contributed by atoms with E-state index in [2.05, 4.69) is 15.7 Å². The van der Waals surface area contributed by atoms with Crippen LogP contribution < -0.4 is 10.6 Å². The van der Waals surface area contributed by atoms with Gasteiger partial charge in [-0.3, -0.25) is 14.8 Å². The Morgan fingerprint density at radius 3 is 2.56 bits per heavy atom. The van der Waals surface area contributed by atoms with Gasteiger partial charge in [-0.25, -0.2) is 0 Å². The number of rotatable bonds is 6. The first-order chi connectivity index (χ1) is 8.43. The summed E-state index contributed by atoms with van der Waals surface area (Å²) in [6.07, 6.45) is 3.85. The van der Waals surface area contributed by atoms with Crippen LogP contribution in [-0.4, -0.2) is 27.8 Å². The molecule has 1 aromatic heterocycles. The molecular weight excluding hydrogens is 228 g/mol. The third kappa shape index (κ3) is 4.14. The van der Waals surface area contributed by atoms with E-state index in [1.807, 2.05) is 51.7 Å². The molecule has 0 saturated carbocycles. The zero-order valence-electron chi connectivity index (χ0n) is 11.9. The lowest BCUT2D eigenvalue weighted by Crippen LogP contribution is -2.45. The van der Waals surface area contributed by atoms with Crippen LogP contribution in [0.25, 0.3) is 0 Å². The molecule has 0 radical (unpaired) electrons. The molecule has 0 saturated heterocycles. The van der Waals surface area contributed by atoms with E-state index in [-0.39, 0.29) is 24.0 Å². The molecule has 1 aromatic rings. The van der Waals surface area contributed by atoms with Crippen molar-refractivity contribution in [3.8, 4) is 0 Å².